The third kappa shape index (κ3) is 4.81. The van der Waals surface area contributed by atoms with Crippen molar-refractivity contribution in [1.82, 2.24) is 15.1 Å². The van der Waals surface area contributed by atoms with E-state index in [1.807, 2.05) is 37.3 Å². The number of aryl methyl sites for hydroxylation is 1. The molecule has 3 aromatic rings. The second-order valence-corrected chi connectivity index (χ2v) is 7.97. The third-order valence-corrected chi connectivity index (χ3v) is 5.86. The van der Waals surface area contributed by atoms with Crippen molar-refractivity contribution in [1.29, 1.82) is 0 Å². The molecule has 2 unspecified atom stereocenters. The van der Waals surface area contributed by atoms with Crippen molar-refractivity contribution in [3.8, 4) is 5.75 Å². The van der Waals surface area contributed by atoms with Gasteiger partial charge in [-0.05, 0) is 35.2 Å². The maximum absolute atomic E-state index is 13.9. The summed E-state index contributed by atoms with van der Waals surface area (Å²) in [5, 5.41) is 9.79. The normalized spacial score (nSPS) is 17.7. The highest BCUT2D eigenvalue weighted by Crippen LogP contribution is 2.44. The van der Waals surface area contributed by atoms with Crippen LogP contribution in [0.4, 0.5) is 19.0 Å². The molecule has 0 aliphatic carbocycles. The van der Waals surface area contributed by atoms with E-state index >= 15 is 0 Å². The Morgan fingerprint density at radius 2 is 1.97 bits per heavy atom. The Labute approximate surface area is 189 Å². The van der Waals surface area contributed by atoms with Crippen LogP contribution in [0.3, 0.4) is 0 Å². The number of carbonyl (C=O) groups is 1. The zero-order valence-corrected chi connectivity index (χ0v) is 18.3. The number of carbonyl (C=O) groups excluding carboxylic acids is 1. The van der Waals surface area contributed by atoms with Crippen LogP contribution in [0.5, 0.6) is 5.75 Å². The molecule has 0 fully saturated rings. The summed E-state index contributed by atoms with van der Waals surface area (Å²) in [5.41, 5.74) is 2.71. The van der Waals surface area contributed by atoms with Gasteiger partial charge in [-0.2, -0.15) is 18.3 Å². The molecule has 0 spiro atoms. The number of nitrogens with one attached hydrogen (secondary N) is 2. The number of halogens is 3. The van der Waals surface area contributed by atoms with E-state index in [0.29, 0.717) is 5.75 Å². The second-order valence-electron chi connectivity index (χ2n) is 7.97. The van der Waals surface area contributed by atoms with E-state index < -0.39 is 24.2 Å². The van der Waals surface area contributed by atoms with Crippen molar-refractivity contribution in [3.05, 3.63) is 77.0 Å². The number of hydrogen-bond donors (Lipinski definition) is 2. The summed E-state index contributed by atoms with van der Waals surface area (Å²) in [5.74, 6) is 0.210. The van der Waals surface area contributed by atoms with Crippen LogP contribution in [0.15, 0.2) is 54.7 Å². The highest BCUT2D eigenvalue weighted by molar-refractivity contribution is 5.98. The number of amides is 1. The Kier molecular flexibility index (Phi) is 6.31. The maximum atomic E-state index is 13.9. The first kappa shape index (κ1) is 22.7. The minimum atomic E-state index is -4.50. The lowest BCUT2D eigenvalue weighted by molar-refractivity contribution is -0.173. The summed E-state index contributed by atoms with van der Waals surface area (Å²) >= 11 is 0. The summed E-state index contributed by atoms with van der Waals surface area (Å²) in [6.07, 6.45) is -2.69. The molecule has 9 heteroatoms. The molecule has 174 valence electrons. The van der Waals surface area contributed by atoms with Gasteiger partial charge in [0.05, 0.1) is 19.3 Å². The standard InChI is InChI=1S/C24H25F3N4O2/c1-3-15-7-9-17(10-8-15)20-12-21(24(25,26)27)31-22(30-20)19(14-29-31)23(32)28-13-16-5-4-6-18(11-16)33-2/h4-11,14,20-21,30H,3,12-13H2,1-2H3,(H,28,32). The highest BCUT2D eigenvalue weighted by Gasteiger charge is 2.47. The van der Waals surface area contributed by atoms with Crippen molar-refractivity contribution < 1.29 is 22.7 Å². The molecule has 2 atom stereocenters. The summed E-state index contributed by atoms with van der Waals surface area (Å²) in [7, 11) is 1.55. The van der Waals surface area contributed by atoms with Crippen LogP contribution >= 0.6 is 0 Å². The number of methoxy groups -OCH3 is 1. The number of fused-ring (bicyclic) bond motifs is 1. The zero-order chi connectivity index (χ0) is 23.6. The van der Waals surface area contributed by atoms with Gasteiger partial charge >= 0.3 is 6.18 Å². The Bertz CT molecular complexity index is 1130. The van der Waals surface area contributed by atoms with E-state index in [2.05, 4.69) is 15.7 Å². The Balaban J connectivity index is 1.59. The summed E-state index contributed by atoms with van der Waals surface area (Å²) in [6.45, 7) is 2.22. The molecule has 0 saturated heterocycles. The first-order valence-electron chi connectivity index (χ1n) is 10.7. The molecule has 2 aromatic carbocycles. The number of benzene rings is 2. The van der Waals surface area contributed by atoms with Crippen molar-refractivity contribution in [2.24, 2.45) is 0 Å². The van der Waals surface area contributed by atoms with Crippen LogP contribution in [0.1, 0.15) is 52.5 Å². The van der Waals surface area contributed by atoms with Gasteiger partial charge in [0, 0.05) is 13.0 Å². The van der Waals surface area contributed by atoms with E-state index in [0.717, 1.165) is 27.8 Å². The Morgan fingerprint density at radius 1 is 1.21 bits per heavy atom. The molecule has 2 heterocycles. The van der Waals surface area contributed by atoms with E-state index in [1.54, 1.807) is 25.3 Å². The number of ether oxygens (including phenoxy) is 1. The number of hydrogen-bond acceptors (Lipinski definition) is 4. The molecule has 4 rings (SSSR count). The smallest absolute Gasteiger partial charge is 0.410 e. The molecule has 2 N–H and O–H groups in total. The fraction of sp³-hybridized carbons (Fsp3) is 0.333. The van der Waals surface area contributed by atoms with Crippen molar-refractivity contribution in [3.63, 3.8) is 0 Å². The van der Waals surface area contributed by atoms with E-state index in [9.17, 15) is 18.0 Å². The van der Waals surface area contributed by atoms with Gasteiger partial charge in [0.1, 0.15) is 17.1 Å². The lowest BCUT2D eigenvalue weighted by Gasteiger charge is -2.34. The van der Waals surface area contributed by atoms with Crippen molar-refractivity contribution in [2.75, 3.05) is 12.4 Å². The molecule has 1 aliphatic rings. The quantitative estimate of drug-likeness (QED) is 0.543. The molecule has 1 aromatic heterocycles. The van der Waals surface area contributed by atoms with Crippen LogP contribution < -0.4 is 15.4 Å². The average molecular weight is 458 g/mol. The van der Waals surface area contributed by atoms with Gasteiger partial charge in [0.25, 0.3) is 5.91 Å². The molecular weight excluding hydrogens is 433 g/mol. The van der Waals surface area contributed by atoms with Gasteiger partial charge in [-0.3, -0.25) is 4.79 Å². The maximum Gasteiger partial charge on any atom is 0.410 e. The number of nitrogens with zero attached hydrogens (tertiary/aromatic N) is 2. The van der Waals surface area contributed by atoms with Gasteiger partial charge in [-0.1, -0.05) is 43.3 Å². The van der Waals surface area contributed by atoms with Crippen LogP contribution in [0.25, 0.3) is 0 Å². The summed E-state index contributed by atoms with van der Waals surface area (Å²) < 4.78 is 47.7. The van der Waals surface area contributed by atoms with Crippen LogP contribution in [-0.4, -0.2) is 29.0 Å². The molecule has 0 bridgehead atoms. The van der Waals surface area contributed by atoms with Crippen LogP contribution in [0, 0.1) is 0 Å². The highest BCUT2D eigenvalue weighted by atomic mass is 19.4. The first-order valence-corrected chi connectivity index (χ1v) is 10.7. The topological polar surface area (TPSA) is 68.2 Å². The van der Waals surface area contributed by atoms with E-state index in [4.69, 9.17) is 4.74 Å². The van der Waals surface area contributed by atoms with Crippen LogP contribution in [0.2, 0.25) is 0 Å². The lowest BCUT2D eigenvalue weighted by Crippen LogP contribution is -2.36. The first-order chi connectivity index (χ1) is 15.8. The molecule has 0 saturated carbocycles. The summed E-state index contributed by atoms with van der Waals surface area (Å²) in [6, 6.07) is 12.2. The van der Waals surface area contributed by atoms with Crippen molar-refractivity contribution in [2.45, 2.75) is 44.6 Å². The van der Waals surface area contributed by atoms with Gasteiger partial charge in [-0.25, -0.2) is 4.68 Å². The number of anilines is 1. The van der Waals surface area contributed by atoms with Gasteiger partial charge < -0.3 is 15.4 Å². The Hall–Kier alpha value is -3.49. The van der Waals surface area contributed by atoms with Gasteiger partial charge in [-0.15, -0.1) is 0 Å². The lowest BCUT2D eigenvalue weighted by atomic mass is 9.95. The molecule has 1 aliphatic heterocycles. The van der Waals surface area contributed by atoms with E-state index in [-0.39, 0.29) is 24.3 Å². The van der Waals surface area contributed by atoms with Gasteiger partial charge in [0.15, 0.2) is 6.04 Å². The molecule has 6 nitrogen and oxygen atoms in total. The second kappa shape index (κ2) is 9.17. The SMILES string of the molecule is CCc1ccc(C2CC(C(F)(F)F)n3ncc(C(=O)NCc4cccc(OC)c4)c3N2)cc1. The number of rotatable bonds is 6. The predicted molar refractivity (Wildman–Crippen MR) is 118 cm³/mol. The monoisotopic (exact) mass is 458 g/mol. The largest absolute Gasteiger partial charge is 0.497 e. The fourth-order valence-corrected chi connectivity index (χ4v) is 3.99. The van der Waals surface area contributed by atoms with E-state index in [1.165, 1.54) is 6.20 Å². The minimum absolute atomic E-state index is 0.0660. The molecule has 33 heavy (non-hydrogen) atoms. The number of aromatic nitrogens is 2. The fourth-order valence-electron chi connectivity index (χ4n) is 3.99. The molecule has 0 radical (unpaired) electrons. The predicted octanol–water partition coefficient (Wildman–Crippen LogP) is 5.04. The van der Waals surface area contributed by atoms with Crippen molar-refractivity contribution >= 4 is 11.7 Å². The zero-order valence-electron chi connectivity index (χ0n) is 18.3. The summed E-state index contributed by atoms with van der Waals surface area (Å²) in [4.78, 5) is 12.9. The Morgan fingerprint density at radius 3 is 2.64 bits per heavy atom. The average Bonchev–Trinajstić information content (AvgIpc) is 3.25. The van der Waals surface area contributed by atoms with Crippen LogP contribution in [-0.2, 0) is 13.0 Å². The number of alkyl halides is 3. The van der Waals surface area contributed by atoms with Gasteiger partial charge in [0.2, 0.25) is 0 Å². The molecule has 1 amide bonds. The third-order valence-electron chi connectivity index (χ3n) is 5.86. The molecular formula is C24H25F3N4O2. The minimum Gasteiger partial charge on any atom is -0.497 e.